The van der Waals surface area contributed by atoms with Crippen molar-refractivity contribution in [2.45, 2.75) is 40.0 Å². The molecular weight excluding hydrogens is 313 g/mol. The molecule has 0 amide bonds. The van der Waals surface area contributed by atoms with Crippen LogP contribution >= 0.6 is 0 Å². The predicted molar refractivity (Wildman–Crippen MR) is 94.4 cm³/mol. The normalized spacial score (nSPS) is 10.9. The summed E-state index contributed by atoms with van der Waals surface area (Å²) < 4.78 is 19.3. The summed E-state index contributed by atoms with van der Waals surface area (Å²) in [6.07, 6.45) is 2.53. The van der Waals surface area contributed by atoms with E-state index in [0.717, 1.165) is 51.0 Å². The lowest BCUT2D eigenvalue weighted by molar-refractivity contribution is -0.385. The second-order valence-electron chi connectivity index (χ2n) is 5.57. The Balaban J connectivity index is 2.79. The van der Waals surface area contributed by atoms with Gasteiger partial charge in [0.05, 0.1) is 11.5 Å². The molecule has 0 radical (unpaired) electrons. The van der Waals surface area contributed by atoms with Gasteiger partial charge in [-0.25, -0.2) is 4.39 Å². The topological polar surface area (TPSA) is 67.6 Å². The number of benzene rings is 1. The number of nitrogens with zero attached hydrogens (tertiary/aromatic N) is 2. The van der Waals surface area contributed by atoms with Gasteiger partial charge in [0.1, 0.15) is 11.5 Å². The van der Waals surface area contributed by atoms with Gasteiger partial charge in [-0.2, -0.15) is 0 Å². The Bertz CT molecular complexity index is 522. The van der Waals surface area contributed by atoms with E-state index < -0.39 is 10.7 Å². The molecule has 24 heavy (non-hydrogen) atoms. The number of nitro groups is 1. The molecule has 1 aromatic carbocycles. The van der Waals surface area contributed by atoms with E-state index in [9.17, 15) is 14.5 Å². The lowest BCUT2D eigenvalue weighted by Gasteiger charge is -2.18. The number of hydrogen-bond donors (Lipinski definition) is 1. The minimum atomic E-state index is -0.543. The zero-order valence-corrected chi connectivity index (χ0v) is 14.8. The van der Waals surface area contributed by atoms with Gasteiger partial charge in [0.25, 0.3) is 0 Å². The molecule has 136 valence electrons. The van der Waals surface area contributed by atoms with Gasteiger partial charge in [-0.1, -0.05) is 27.2 Å². The number of ether oxygens (including phenoxy) is 1. The number of unbranched alkanes of at least 4 members (excludes halogenated alkanes) is 1. The fraction of sp³-hybridized carbons (Fsp3) is 0.647. The molecule has 0 unspecified atom stereocenters. The number of anilines is 1. The average molecular weight is 341 g/mol. The highest BCUT2D eigenvalue weighted by Crippen LogP contribution is 2.36. The van der Waals surface area contributed by atoms with E-state index in [1.54, 1.807) is 0 Å². The van der Waals surface area contributed by atoms with E-state index in [2.05, 4.69) is 24.1 Å². The Morgan fingerprint density at radius 3 is 2.54 bits per heavy atom. The standard InChI is InChI=1S/C17H28FN3O3/c1-4-7-9-19-15-12-14(18)13-16(17(15)21(22)23)24-11-8-10-20(5-2)6-3/h12-13,19H,4-11H2,1-3H3. The van der Waals surface area contributed by atoms with Crippen LogP contribution in [0.4, 0.5) is 15.8 Å². The summed E-state index contributed by atoms with van der Waals surface area (Å²) in [6.45, 7) is 9.79. The number of rotatable bonds is 12. The number of nitro benzene ring substituents is 1. The molecule has 0 bridgehead atoms. The molecule has 0 aliphatic carbocycles. The van der Waals surface area contributed by atoms with Gasteiger partial charge < -0.3 is 15.0 Å². The molecule has 6 nitrogen and oxygen atoms in total. The fourth-order valence-corrected chi connectivity index (χ4v) is 2.42. The van der Waals surface area contributed by atoms with Crippen LogP contribution in [0.1, 0.15) is 40.0 Å². The third-order valence-corrected chi connectivity index (χ3v) is 3.84. The maximum absolute atomic E-state index is 13.8. The van der Waals surface area contributed by atoms with Crippen molar-refractivity contribution in [1.29, 1.82) is 0 Å². The molecule has 0 heterocycles. The van der Waals surface area contributed by atoms with Crippen LogP contribution in [0.5, 0.6) is 5.75 Å². The predicted octanol–water partition coefficient (Wildman–Crippen LogP) is 4.06. The smallest absolute Gasteiger partial charge is 0.333 e. The Kier molecular flexibility index (Phi) is 9.07. The van der Waals surface area contributed by atoms with Gasteiger partial charge in [0.15, 0.2) is 0 Å². The lowest BCUT2D eigenvalue weighted by Crippen LogP contribution is -2.25. The minimum Gasteiger partial charge on any atom is -0.487 e. The number of hydrogen-bond acceptors (Lipinski definition) is 5. The fourth-order valence-electron chi connectivity index (χ4n) is 2.42. The van der Waals surface area contributed by atoms with Crippen molar-refractivity contribution < 1.29 is 14.1 Å². The molecule has 0 aliphatic rings. The van der Waals surface area contributed by atoms with E-state index in [4.69, 9.17) is 4.74 Å². The highest BCUT2D eigenvalue weighted by atomic mass is 19.1. The molecule has 1 rings (SSSR count). The van der Waals surface area contributed by atoms with Gasteiger partial charge in [0, 0.05) is 25.2 Å². The number of nitrogens with one attached hydrogen (secondary N) is 1. The van der Waals surface area contributed by atoms with Crippen molar-refractivity contribution in [3.63, 3.8) is 0 Å². The van der Waals surface area contributed by atoms with Crippen molar-refractivity contribution in [2.24, 2.45) is 0 Å². The average Bonchev–Trinajstić information content (AvgIpc) is 2.54. The van der Waals surface area contributed by atoms with Crippen molar-refractivity contribution in [3.8, 4) is 5.75 Å². The summed E-state index contributed by atoms with van der Waals surface area (Å²) in [4.78, 5) is 13.1. The van der Waals surface area contributed by atoms with Crippen LogP contribution in [-0.4, -0.2) is 42.6 Å². The van der Waals surface area contributed by atoms with Crippen molar-refractivity contribution in [2.75, 3.05) is 38.1 Å². The lowest BCUT2D eigenvalue weighted by atomic mass is 10.2. The van der Waals surface area contributed by atoms with E-state index in [1.165, 1.54) is 0 Å². The maximum Gasteiger partial charge on any atom is 0.333 e. The molecular formula is C17H28FN3O3. The molecule has 1 aromatic rings. The van der Waals surface area contributed by atoms with Crippen LogP contribution in [0.25, 0.3) is 0 Å². The van der Waals surface area contributed by atoms with Gasteiger partial charge in [0.2, 0.25) is 5.75 Å². The molecule has 7 heteroatoms. The van der Waals surface area contributed by atoms with Gasteiger partial charge in [-0.3, -0.25) is 10.1 Å². The van der Waals surface area contributed by atoms with Gasteiger partial charge >= 0.3 is 5.69 Å². The summed E-state index contributed by atoms with van der Waals surface area (Å²) in [5, 5.41) is 14.3. The third-order valence-electron chi connectivity index (χ3n) is 3.84. The quantitative estimate of drug-likeness (QED) is 0.353. The third kappa shape index (κ3) is 6.31. The highest BCUT2D eigenvalue weighted by molar-refractivity contribution is 5.68. The molecule has 0 aromatic heterocycles. The summed E-state index contributed by atoms with van der Waals surface area (Å²) in [5.41, 5.74) is -0.0254. The molecule has 0 saturated carbocycles. The van der Waals surface area contributed by atoms with Crippen molar-refractivity contribution >= 4 is 11.4 Å². The Labute approximate surface area is 143 Å². The first-order valence-electron chi connectivity index (χ1n) is 8.60. The molecule has 0 saturated heterocycles. The van der Waals surface area contributed by atoms with E-state index in [1.807, 2.05) is 6.92 Å². The molecule has 1 N–H and O–H groups in total. The molecule has 0 spiro atoms. The maximum atomic E-state index is 13.8. The minimum absolute atomic E-state index is 0.0152. The second-order valence-corrected chi connectivity index (χ2v) is 5.57. The van der Waals surface area contributed by atoms with Gasteiger partial charge in [-0.05, 0) is 25.9 Å². The summed E-state index contributed by atoms with van der Waals surface area (Å²) >= 11 is 0. The Hall–Kier alpha value is -1.89. The Morgan fingerprint density at radius 1 is 1.25 bits per heavy atom. The van der Waals surface area contributed by atoms with Crippen LogP contribution in [0.15, 0.2) is 12.1 Å². The molecule has 0 aliphatic heterocycles. The zero-order valence-electron chi connectivity index (χ0n) is 14.8. The van der Waals surface area contributed by atoms with E-state index in [-0.39, 0.29) is 17.1 Å². The van der Waals surface area contributed by atoms with E-state index >= 15 is 0 Å². The monoisotopic (exact) mass is 341 g/mol. The largest absolute Gasteiger partial charge is 0.487 e. The second kappa shape index (κ2) is 10.8. The number of halogens is 1. The van der Waals surface area contributed by atoms with Crippen molar-refractivity contribution in [1.82, 2.24) is 4.90 Å². The summed E-state index contributed by atoms with van der Waals surface area (Å²) in [5.74, 6) is -0.558. The first kappa shape index (κ1) is 20.2. The highest BCUT2D eigenvalue weighted by Gasteiger charge is 2.23. The summed E-state index contributed by atoms with van der Waals surface area (Å²) in [7, 11) is 0. The first-order valence-corrected chi connectivity index (χ1v) is 8.60. The summed E-state index contributed by atoms with van der Waals surface area (Å²) in [6, 6.07) is 2.23. The van der Waals surface area contributed by atoms with Crippen LogP contribution in [0.3, 0.4) is 0 Å². The van der Waals surface area contributed by atoms with Crippen LogP contribution < -0.4 is 10.1 Å². The first-order chi connectivity index (χ1) is 11.5. The van der Waals surface area contributed by atoms with Crippen molar-refractivity contribution in [3.05, 3.63) is 28.1 Å². The van der Waals surface area contributed by atoms with Gasteiger partial charge in [-0.15, -0.1) is 0 Å². The SMILES string of the molecule is CCCCNc1cc(F)cc(OCCCN(CC)CC)c1[N+](=O)[O-]. The van der Waals surface area contributed by atoms with Crippen LogP contribution in [0, 0.1) is 15.9 Å². The van der Waals surface area contributed by atoms with Crippen LogP contribution in [0.2, 0.25) is 0 Å². The zero-order chi connectivity index (χ0) is 17.9. The Morgan fingerprint density at radius 2 is 1.96 bits per heavy atom. The molecule has 0 atom stereocenters. The van der Waals surface area contributed by atoms with E-state index in [0.29, 0.717) is 13.2 Å². The van der Waals surface area contributed by atoms with Crippen LogP contribution in [-0.2, 0) is 0 Å². The molecule has 0 fully saturated rings.